The molecule has 0 saturated carbocycles. The van der Waals surface area contributed by atoms with Crippen LogP contribution < -0.4 is 5.32 Å². The van der Waals surface area contributed by atoms with E-state index in [-0.39, 0.29) is 29.1 Å². The zero-order chi connectivity index (χ0) is 25.6. The first-order valence-electron chi connectivity index (χ1n) is 11.4. The first-order chi connectivity index (χ1) is 17.1. The van der Waals surface area contributed by atoms with Crippen LogP contribution in [0.4, 0.5) is 13.2 Å². The predicted molar refractivity (Wildman–Crippen MR) is 137 cm³/mol. The van der Waals surface area contributed by atoms with Gasteiger partial charge in [0.1, 0.15) is 0 Å². The molecule has 2 atom stereocenters. The lowest BCUT2D eigenvalue weighted by atomic mass is 10.1. The largest absolute Gasteiger partial charge is 0.416 e. The van der Waals surface area contributed by atoms with E-state index in [9.17, 15) is 18.0 Å². The fourth-order valence-electron chi connectivity index (χ4n) is 4.39. The second-order valence-electron chi connectivity index (χ2n) is 9.04. The summed E-state index contributed by atoms with van der Waals surface area (Å²) in [6.07, 6.45) is -1.12. The van der Waals surface area contributed by atoms with E-state index in [1.54, 1.807) is 18.3 Å². The summed E-state index contributed by atoms with van der Waals surface area (Å²) in [6, 6.07) is 9.77. The second-order valence-corrected chi connectivity index (χ2v) is 10.5. The van der Waals surface area contributed by atoms with Gasteiger partial charge in [0.25, 0.3) is 5.91 Å². The number of fused-ring (bicyclic) bond motifs is 1. The van der Waals surface area contributed by atoms with Crippen molar-refractivity contribution >= 4 is 51.4 Å². The number of piperazine rings is 1. The van der Waals surface area contributed by atoms with E-state index in [1.807, 2.05) is 12.1 Å². The first kappa shape index (κ1) is 24.9. The van der Waals surface area contributed by atoms with E-state index in [1.165, 1.54) is 28.6 Å². The van der Waals surface area contributed by atoms with Gasteiger partial charge in [0.05, 0.1) is 28.7 Å². The standard InChI is InChI=1S/C25H23ClF3N5OS/c1-14-12-33(15(2)10-30-14)24-32-23(35)22(36-24)8-16-3-6-21-18(7-16)11-31-34(21)13-17-4-5-19(26)9-20(17)25(27,28)29/h3-9,11,14-15,30H,10,12-13H2,1-2H3/b22-8-/t14-,15-/m0/s1. The third kappa shape index (κ3) is 5.02. The Morgan fingerprint density at radius 2 is 2.03 bits per heavy atom. The summed E-state index contributed by atoms with van der Waals surface area (Å²) in [4.78, 5) is 19.6. The van der Waals surface area contributed by atoms with Crippen LogP contribution in [-0.2, 0) is 17.5 Å². The second kappa shape index (κ2) is 9.57. The number of aliphatic imine (C=N–C) groups is 1. The van der Waals surface area contributed by atoms with Crippen LogP contribution in [0.15, 0.2) is 52.5 Å². The van der Waals surface area contributed by atoms with Gasteiger partial charge in [-0.1, -0.05) is 23.7 Å². The topological polar surface area (TPSA) is 62.5 Å². The highest BCUT2D eigenvalue weighted by Gasteiger charge is 2.34. The molecule has 36 heavy (non-hydrogen) atoms. The van der Waals surface area contributed by atoms with Gasteiger partial charge < -0.3 is 10.2 Å². The lowest BCUT2D eigenvalue weighted by molar-refractivity contribution is -0.138. The highest BCUT2D eigenvalue weighted by Crippen LogP contribution is 2.35. The molecule has 1 amide bonds. The molecule has 5 rings (SSSR count). The molecule has 0 unspecified atom stereocenters. The molecule has 188 valence electrons. The zero-order valence-corrected chi connectivity index (χ0v) is 21.1. The number of amidine groups is 1. The molecule has 6 nitrogen and oxygen atoms in total. The maximum absolute atomic E-state index is 13.5. The third-order valence-electron chi connectivity index (χ3n) is 6.28. The zero-order valence-electron chi connectivity index (χ0n) is 19.5. The average molecular weight is 534 g/mol. The molecule has 0 spiro atoms. The minimum Gasteiger partial charge on any atom is -0.345 e. The summed E-state index contributed by atoms with van der Waals surface area (Å²) in [7, 11) is 0. The van der Waals surface area contributed by atoms with Crippen molar-refractivity contribution in [1.29, 1.82) is 0 Å². The number of aromatic nitrogens is 2. The molecule has 2 aliphatic rings. The van der Waals surface area contributed by atoms with Gasteiger partial charge in [-0.05, 0) is 67.1 Å². The number of benzene rings is 2. The molecular formula is C25H23ClF3N5OS. The van der Waals surface area contributed by atoms with Crippen molar-refractivity contribution in [2.24, 2.45) is 4.99 Å². The molecule has 1 fully saturated rings. The van der Waals surface area contributed by atoms with Crippen molar-refractivity contribution in [3.63, 3.8) is 0 Å². The Bertz CT molecular complexity index is 1400. The molecule has 0 aliphatic carbocycles. The highest BCUT2D eigenvalue weighted by atomic mass is 35.5. The monoisotopic (exact) mass is 533 g/mol. The van der Waals surface area contributed by atoms with Gasteiger partial charge in [0.15, 0.2) is 5.17 Å². The predicted octanol–water partition coefficient (Wildman–Crippen LogP) is 5.41. The van der Waals surface area contributed by atoms with E-state index < -0.39 is 11.7 Å². The van der Waals surface area contributed by atoms with E-state index in [0.717, 1.165) is 30.1 Å². The Balaban J connectivity index is 1.37. The van der Waals surface area contributed by atoms with Crippen molar-refractivity contribution in [3.05, 3.63) is 69.2 Å². The Morgan fingerprint density at radius 1 is 1.22 bits per heavy atom. The van der Waals surface area contributed by atoms with Crippen molar-refractivity contribution in [3.8, 4) is 0 Å². The SMILES string of the molecule is C[C@H]1CN(C2=NC(=O)/C(=C/c3ccc4c(cnn4Cc4ccc(Cl)cc4C(F)(F)F)c3)S2)[C@@H](C)CN1. The molecule has 1 aromatic heterocycles. The molecule has 2 aliphatic heterocycles. The number of thioether (sulfide) groups is 1. The number of amides is 1. The van der Waals surface area contributed by atoms with Crippen molar-refractivity contribution in [2.45, 2.75) is 38.7 Å². The highest BCUT2D eigenvalue weighted by molar-refractivity contribution is 8.18. The smallest absolute Gasteiger partial charge is 0.345 e. The van der Waals surface area contributed by atoms with Crippen molar-refractivity contribution in [2.75, 3.05) is 13.1 Å². The molecule has 3 aromatic rings. The summed E-state index contributed by atoms with van der Waals surface area (Å²) < 4.78 is 42.0. The number of hydrogen-bond acceptors (Lipinski definition) is 5. The third-order valence-corrected chi connectivity index (χ3v) is 7.54. The summed E-state index contributed by atoms with van der Waals surface area (Å²) in [5.74, 6) is -0.272. The minimum absolute atomic E-state index is 0.0291. The van der Waals surface area contributed by atoms with Gasteiger partial charge >= 0.3 is 6.18 Å². The number of nitrogens with one attached hydrogen (secondary N) is 1. The van der Waals surface area contributed by atoms with Crippen molar-refractivity contribution in [1.82, 2.24) is 20.0 Å². The molecule has 11 heteroatoms. The van der Waals surface area contributed by atoms with Crippen LogP contribution in [0.5, 0.6) is 0 Å². The van der Waals surface area contributed by atoms with Gasteiger partial charge in [-0.3, -0.25) is 9.48 Å². The van der Waals surface area contributed by atoms with E-state index in [4.69, 9.17) is 11.6 Å². The number of halogens is 4. The Kier molecular flexibility index (Phi) is 6.61. The average Bonchev–Trinajstić information content (AvgIpc) is 3.39. The molecular weight excluding hydrogens is 511 g/mol. The Labute approximate surface area is 215 Å². The summed E-state index contributed by atoms with van der Waals surface area (Å²) >= 11 is 7.16. The number of nitrogens with zero attached hydrogens (tertiary/aromatic N) is 4. The van der Waals surface area contributed by atoms with Crippen LogP contribution >= 0.6 is 23.4 Å². The molecule has 3 heterocycles. The van der Waals surface area contributed by atoms with Gasteiger partial charge in [-0.25, -0.2) is 0 Å². The van der Waals surface area contributed by atoms with Crippen LogP contribution in [0.25, 0.3) is 17.0 Å². The molecule has 1 N–H and O–H groups in total. The maximum atomic E-state index is 13.5. The van der Waals surface area contributed by atoms with Gasteiger partial charge in [0, 0.05) is 35.6 Å². The van der Waals surface area contributed by atoms with Gasteiger partial charge in [0.2, 0.25) is 0 Å². The number of hydrogen-bond donors (Lipinski definition) is 1. The van der Waals surface area contributed by atoms with Crippen LogP contribution in [0.2, 0.25) is 5.02 Å². The lowest BCUT2D eigenvalue weighted by Crippen LogP contribution is -2.55. The lowest BCUT2D eigenvalue weighted by Gasteiger charge is -2.38. The van der Waals surface area contributed by atoms with Gasteiger partial charge in [-0.15, -0.1) is 0 Å². The fourth-order valence-corrected chi connectivity index (χ4v) is 5.59. The van der Waals surface area contributed by atoms with Crippen LogP contribution in [0, 0.1) is 0 Å². The molecule has 0 radical (unpaired) electrons. The molecule has 2 aromatic carbocycles. The molecule has 0 bridgehead atoms. The van der Waals surface area contributed by atoms with Crippen LogP contribution in [0.1, 0.15) is 30.5 Å². The van der Waals surface area contributed by atoms with Gasteiger partial charge in [-0.2, -0.15) is 23.3 Å². The number of rotatable bonds is 3. The number of carbonyl (C=O) groups excluding carboxylic acids is 1. The fraction of sp³-hybridized carbons (Fsp3) is 0.320. The van der Waals surface area contributed by atoms with E-state index >= 15 is 0 Å². The van der Waals surface area contributed by atoms with E-state index in [0.29, 0.717) is 21.6 Å². The Hall–Kier alpha value is -2.82. The molecule has 1 saturated heterocycles. The maximum Gasteiger partial charge on any atom is 0.416 e. The van der Waals surface area contributed by atoms with Crippen LogP contribution in [0.3, 0.4) is 0 Å². The minimum atomic E-state index is -4.52. The quantitative estimate of drug-likeness (QED) is 0.456. The number of alkyl halides is 3. The summed E-state index contributed by atoms with van der Waals surface area (Å²) in [5, 5.41) is 9.22. The van der Waals surface area contributed by atoms with Crippen LogP contribution in [-0.4, -0.2) is 50.9 Å². The first-order valence-corrected chi connectivity index (χ1v) is 12.6. The van der Waals surface area contributed by atoms with E-state index in [2.05, 4.69) is 34.2 Å². The number of carbonyl (C=O) groups is 1. The summed E-state index contributed by atoms with van der Waals surface area (Å²) in [6.45, 7) is 5.76. The van der Waals surface area contributed by atoms with Crippen molar-refractivity contribution < 1.29 is 18.0 Å². The summed E-state index contributed by atoms with van der Waals surface area (Å²) in [5.41, 5.74) is 0.780. The Morgan fingerprint density at radius 3 is 2.81 bits per heavy atom. The normalized spacial score (nSPS) is 22.1.